The quantitative estimate of drug-likeness (QED) is 0.645. The number of nitriles is 1. The van der Waals surface area contributed by atoms with Crippen LogP contribution in [0.3, 0.4) is 0 Å². The predicted octanol–water partition coefficient (Wildman–Crippen LogP) is 4.12. The van der Waals surface area contributed by atoms with Gasteiger partial charge in [0.15, 0.2) is 0 Å². The van der Waals surface area contributed by atoms with Crippen LogP contribution in [0.15, 0.2) is 0 Å². The minimum absolute atomic E-state index is 0.0339. The van der Waals surface area contributed by atoms with Gasteiger partial charge in [0.2, 0.25) is 0 Å². The molecule has 2 unspecified atom stereocenters. The summed E-state index contributed by atoms with van der Waals surface area (Å²) >= 11 is 5.70. The van der Waals surface area contributed by atoms with Crippen molar-refractivity contribution in [2.75, 3.05) is 5.88 Å². The van der Waals surface area contributed by atoms with Gasteiger partial charge in [-0.15, -0.1) is 11.6 Å². The first-order valence-corrected chi connectivity index (χ1v) is 6.27. The molecule has 2 heteroatoms. The van der Waals surface area contributed by atoms with Gasteiger partial charge < -0.3 is 0 Å². The van der Waals surface area contributed by atoms with Crippen molar-refractivity contribution in [1.82, 2.24) is 0 Å². The lowest BCUT2D eigenvalue weighted by Gasteiger charge is -2.35. The first-order chi connectivity index (χ1) is 6.76. The van der Waals surface area contributed by atoms with Crippen LogP contribution in [0.5, 0.6) is 0 Å². The van der Waals surface area contributed by atoms with Crippen LogP contribution >= 0.6 is 11.6 Å². The van der Waals surface area contributed by atoms with Crippen LogP contribution < -0.4 is 0 Å². The van der Waals surface area contributed by atoms with Crippen molar-refractivity contribution in [3.05, 3.63) is 0 Å². The second-order valence-electron chi connectivity index (χ2n) is 4.56. The summed E-state index contributed by atoms with van der Waals surface area (Å²) in [6, 6.07) is 2.56. The van der Waals surface area contributed by atoms with Crippen LogP contribution in [0.2, 0.25) is 0 Å². The second-order valence-corrected chi connectivity index (χ2v) is 4.93. The van der Waals surface area contributed by atoms with Crippen LogP contribution in [-0.4, -0.2) is 5.88 Å². The first kappa shape index (κ1) is 11.9. The van der Waals surface area contributed by atoms with E-state index in [1.165, 1.54) is 19.3 Å². The van der Waals surface area contributed by atoms with Crippen molar-refractivity contribution in [2.45, 2.75) is 51.9 Å². The summed E-state index contributed by atoms with van der Waals surface area (Å²) < 4.78 is 0. The van der Waals surface area contributed by atoms with E-state index in [9.17, 15) is 5.26 Å². The number of hydrogen-bond acceptors (Lipinski definition) is 1. The molecule has 0 saturated heterocycles. The Morgan fingerprint density at radius 2 is 2.36 bits per heavy atom. The molecule has 0 radical (unpaired) electrons. The molecular weight excluding hydrogens is 194 g/mol. The Kier molecular flexibility index (Phi) is 4.75. The highest BCUT2D eigenvalue weighted by atomic mass is 35.5. The standard InChI is InChI=1S/C12H20ClN/c1-2-11-5-3-6-12(9-11,10-14)7-4-8-13/h11H,2-9H2,1H3. The normalized spacial score (nSPS) is 32.5. The van der Waals surface area contributed by atoms with Crippen LogP contribution in [0.25, 0.3) is 0 Å². The molecule has 1 fully saturated rings. The molecule has 0 aromatic heterocycles. The molecule has 0 spiro atoms. The fourth-order valence-electron chi connectivity index (χ4n) is 2.62. The molecular formula is C12H20ClN. The van der Waals surface area contributed by atoms with E-state index < -0.39 is 0 Å². The zero-order chi connectivity index (χ0) is 10.4. The summed E-state index contributed by atoms with van der Waals surface area (Å²) in [4.78, 5) is 0. The number of halogens is 1. The molecule has 1 nitrogen and oxygen atoms in total. The maximum Gasteiger partial charge on any atom is 0.0689 e. The number of hydrogen-bond donors (Lipinski definition) is 0. The van der Waals surface area contributed by atoms with Crippen molar-refractivity contribution in [1.29, 1.82) is 5.26 Å². The maximum atomic E-state index is 9.29. The van der Waals surface area contributed by atoms with E-state index in [0.29, 0.717) is 5.88 Å². The van der Waals surface area contributed by atoms with Gasteiger partial charge in [-0.2, -0.15) is 5.26 Å². The Morgan fingerprint density at radius 1 is 1.57 bits per heavy atom. The summed E-state index contributed by atoms with van der Waals surface area (Å²) in [5.74, 6) is 1.47. The molecule has 1 aliphatic carbocycles. The van der Waals surface area contributed by atoms with Crippen LogP contribution in [0.4, 0.5) is 0 Å². The highest BCUT2D eigenvalue weighted by Gasteiger charge is 2.35. The molecule has 0 aliphatic heterocycles. The molecule has 0 aromatic rings. The van der Waals surface area contributed by atoms with Gasteiger partial charge in [0.1, 0.15) is 0 Å². The maximum absolute atomic E-state index is 9.29. The van der Waals surface area contributed by atoms with Gasteiger partial charge in [0.05, 0.1) is 11.5 Å². The lowest BCUT2D eigenvalue weighted by molar-refractivity contribution is 0.182. The lowest BCUT2D eigenvalue weighted by Crippen LogP contribution is -2.27. The number of nitrogens with zero attached hydrogens (tertiary/aromatic N) is 1. The summed E-state index contributed by atoms with van der Waals surface area (Å²) in [7, 11) is 0. The molecule has 14 heavy (non-hydrogen) atoms. The van der Waals surface area contributed by atoms with Crippen LogP contribution in [-0.2, 0) is 0 Å². The lowest BCUT2D eigenvalue weighted by atomic mass is 9.67. The van der Waals surface area contributed by atoms with Crippen molar-refractivity contribution >= 4 is 11.6 Å². The topological polar surface area (TPSA) is 23.8 Å². The zero-order valence-corrected chi connectivity index (χ0v) is 9.82. The Bertz CT molecular complexity index is 209. The Labute approximate surface area is 92.4 Å². The third-order valence-electron chi connectivity index (χ3n) is 3.55. The van der Waals surface area contributed by atoms with Crippen LogP contribution in [0, 0.1) is 22.7 Å². The largest absolute Gasteiger partial charge is 0.198 e. The van der Waals surface area contributed by atoms with Gasteiger partial charge in [-0.3, -0.25) is 0 Å². The van der Waals surface area contributed by atoms with Gasteiger partial charge in [-0.1, -0.05) is 26.2 Å². The molecule has 1 saturated carbocycles. The SMILES string of the molecule is CCC1CCCC(C#N)(CCCCl)C1. The highest BCUT2D eigenvalue weighted by molar-refractivity contribution is 6.17. The van der Waals surface area contributed by atoms with Crippen molar-refractivity contribution in [3.63, 3.8) is 0 Å². The molecule has 0 bridgehead atoms. The molecule has 1 aliphatic rings. The van der Waals surface area contributed by atoms with E-state index in [-0.39, 0.29) is 5.41 Å². The average molecular weight is 214 g/mol. The third-order valence-corrected chi connectivity index (χ3v) is 3.82. The molecule has 0 aromatic carbocycles. The minimum Gasteiger partial charge on any atom is -0.198 e. The first-order valence-electron chi connectivity index (χ1n) is 5.73. The van der Waals surface area contributed by atoms with E-state index in [2.05, 4.69) is 13.0 Å². The Morgan fingerprint density at radius 3 is 2.93 bits per heavy atom. The third kappa shape index (κ3) is 2.89. The van der Waals surface area contributed by atoms with Crippen LogP contribution in [0.1, 0.15) is 51.9 Å². The van der Waals surface area contributed by atoms with E-state index >= 15 is 0 Å². The number of rotatable bonds is 4. The fourth-order valence-corrected chi connectivity index (χ4v) is 2.76. The van der Waals surface area contributed by atoms with Gasteiger partial charge >= 0.3 is 0 Å². The predicted molar refractivity (Wildman–Crippen MR) is 60.2 cm³/mol. The fraction of sp³-hybridized carbons (Fsp3) is 0.917. The molecule has 0 heterocycles. The molecule has 0 N–H and O–H groups in total. The number of alkyl halides is 1. The van der Waals surface area contributed by atoms with Gasteiger partial charge in [-0.05, 0) is 31.6 Å². The summed E-state index contributed by atoms with van der Waals surface area (Å²) in [6.07, 6.45) is 7.97. The Hall–Kier alpha value is -0.220. The van der Waals surface area contributed by atoms with Crippen molar-refractivity contribution in [2.24, 2.45) is 11.3 Å². The van der Waals surface area contributed by atoms with Gasteiger partial charge in [0, 0.05) is 5.88 Å². The van der Waals surface area contributed by atoms with E-state index in [1.54, 1.807) is 0 Å². The summed E-state index contributed by atoms with van der Waals surface area (Å²) in [5, 5.41) is 9.29. The van der Waals surface area contributed by atoms with Crippen molar-refractivity contribution in [3.8, 4) is 6.07 Å². The molecule has 80 valence electrons. The summed E-state index contributed by atoms with van der Waals surface area (Å²) in [6.45, 7) is 2.24. The van der Waals surface area contributed by atoms with Gasteiger partial charge in [-0.25, -0.2) is 0 Å². The summed E-state index contributed by atoms with van der Waals surface area (Å²) in [5.41, 5.74) is -0.0339. The Balaban J connectivity index is 2.55. The van der Waals surface area contributed by atoms with E-state index in [0.717, 1.165) is 31.6 Å². The monoisotopic (exact) mass is 213 g/mol. The highest BCUT2D eigenvalue weighted by Crippen LogP contribution is 2.43. The van der Waals surface area contributed by atoms with E-state index in [1.807, 2.05) is 0 Å². The molecule has 2 atom stereocenters. The van der Waals surface area contributed by atoms with Crippen molar-refractivity contribution < 1.29 is 0 Å². The smallest absolute Gasteiger partial charge is 0.0689 e. The molecule has 1 rings (SSSR count). The zero-order valence-electron chi connectivity index (χ0n) is 9.06. The van der Waals surface area contributed by atoms with Gasteiger partial charge in [0.25, 0.3) is 0 Å². The average Bonchev–Trinajstić information content (AvgIpc) is 2.26. The van der Waals surface area contributed by atoms with E-state index in [4.69, 9.17) is 11.6 Å². The minimum atomic E-state index is -0.0339. The molecule has 0 amide bonds. The second kappa shape index (κ2) is 5.61.